The van der Waals surface area contributed by atoms with Crippen molar-refractivity contribution in [2.24, 2.45) is 0 Å². The van der Waals surface area contributed by atoms with Crippen LogP contribution in [-0.2, 0) is 11.3 Å². The molecular formula is C19H22N2O5. The number of hydrogen-bond donors (Lipinski definition) is 3. The van der Waals surface area contributed by atoms with Crippen LogP contribution >= 0.6 is 0 Å². The zero-order chi connectivity index (χ0) is 18.9. The molecule has 2 unspecified atom stereocenters. The van der Waals surface area contributed by atoms with Crippen LogP contribution in [0.2, 0.25) is 0 Å². The number of aliphatic hydroxyl groups excluding tert-OH is 2. The van der Waals surface area contributed by atoms with Crippen molar-refractivity contribution in [3.63, 3.8) is 0 Å². The molecule has 0 saturated heterocycles. The third-order valence-corrected chi connectivity index (χ3v) is 3.78. The average Bonchev–Trinajstić information content (AvgIpc) is 2.66. The van der Waals surface area contributed by atoms with Crippen LogP contribution in [0.5, 0.6) is 0 Å². The molecule has 0 aliphatic rings. The van der Waals surface area contributed by atoms with E-state index in [4.69, 9.17) is 4.74 Å². The SMILES string of the molecule is CC(=O)c1ccc(C(O)C(O)CCNC(=O)OCc2ccccc2)cn1. The Labute approximate surface area is 151 Å². The Balaban J connectivity index is 1.72. The molecule has 1 heterocycles. The third kappa shape index (κ3) is 5.94. The quantitative estimate of drug-likeness (QED) is 0.623. The smallest absolute Gasteiger partial charge is 0.407 e. The summed E-state index contributed by atoms with van der Waals surface area (Å²) in [6.45, 7) is 1.70. The number of nitrogens with one attached hydrogen (secondary N) is 1. The summed E-state index contributed by atoms with van der Waals surface area (Å²) in [7, 11) is 0. The minimum atomic E-state index is -1.16. The first kappa shape index (κ1) is 19.6. The minimum absolute atomic E-state index is 0.135. The van der Waals surface area contributed by atoms with E-state index in [0.717, 1.165) is 5.56 Å². The maximum atomic E-state index is 11.6. The zero-order valence-corrected chi connectivity index (χ0v) is 14.5. The topological polar surface area (TPSA) is 109 Å². The highest BCUT2D eigenvalue weighted by molar-refractivity contribution is 5.91. The molecule has 0 radical (unpaired) electrons. The number of carbonyl (C=O) groups excluding carboxylic acids is 2. The number of Topliss-reactive ketones (excluding diaryl/α,β-unsaturated/α-hetero) is 1. The van der Waals surface area contributed by atoms with E-state index in [-0.39, 0.29) is 25.4 Å². The first-order valence-electron chi connectivity index (χ1n) is 8.25. The number of pyridine rings is 1. The van der Waals surface area contributed by atoms with Crippen LogP contribution in [0.1, 0.15) is 41.1 Å². The van der Waals surface area contributed by atoms with Gasteiger partial charge in [0.1, 0.15) is 18.4 Å². The van der Waals surface area contributed by atoms with Gasteiger partial charge in [-0.3, -0.25) is 9.78 Å². The van der Waals surface area contributed by atoms with Crippen LogP contribution in [0.4, 0.5) is 4.79 Å². The summed E-state index contributed by atoms with van der Waals surface area (Å²) in [5, 5.41) is 22.7. The van der Waals surface area contributed by atoms with Gasteiger partial charge in [-0.05, 0) is 18.1 Å². The first-order chi connectivity index (χ1) is 12.5. The van der Waals surface area contributed by atoms with Gasteiger partial charge in [0, 0.05) is 25.2 Å². The number of amides is 1. The van der Waals surface area contributed by atoms with E-state index in [1.54, 1.807) is 6.07 Å². The Kier molecular flexibility index (Phi) is 7.25. The highest BCUT2D eigenvalue weighted by Crippen LogP contribution is 2.18. The molecule has 0 fully saturated rings. The van der Waals surface area contributed by atoms with Crippen molar-refractivity contribution in [1.82, 2.24) is 10.3 Å². The van der Waals surface area contributed by atoms with Crippen molar-refractivity contribution >= 4 is 11.9 Å². The molecule has 2 aromatic rings. The fourth-order valence-corrected chi connectivity index (χ4v) is 2.26. The van der Waals surface area contributed by atoms with Crippen molar-refractivity contribution in [2.45, 2.75) is 32.2 Å². The highest BCUT2D eigenvalue weighted by Gasteiger charge is 2.19. The second kappa shape index (κ2) is 9.65. The lowest BCUT2D eigenvalue weighted by molar-refractivity contribution is 0.0134. The second-order valence-electron chi connectivity index (χ2n) is 5.82. The summed E-state index contributed by atoms with van der Waals surface area (Å²) in [5.41, 5.74) is 1.56. The first-order valence-corrected chi connectivity index (χ1v) is 8.25. The molecule has 0 bridgehead atoms. The lowest BCUT2D eigenvalue weighted by Gasteiger charge is -2.18. The van der Waals surface area contributed by atoms with Crippen LogP contribution in [-0.4, -0.2) is 39.7 Å². The third-order valence-electron chi connectivity index (χ3n) is 3.78. The normalized spacial score (nSPS) is 12.9. The lowest BCUT2D eigenvalue weighted by Crippen LogP contribution is -2.29. The molecule has 2 rings (SSSR count). The molecule has 1 aromatic heterocycles. The Morgan fingerprint density at radius 3 is 2.50 bits per heavy atom. The predicted octanol–water partition coefficient (Wildman–Crippen LogP) is 1.99. The summed E-state index contributed by atoms with van der Waals surface area (Å²) in [6.07, 6.45) is -1.36. The van der Waals surface area contributed by atoms with Crippen molar-refractivity contribution in [2.75, 3.05) is 6.54 Å². The van der Waals surface area contributed by atoms with Gasteiger partial charge in [0.05, 0.1) is 6.10 Å². The fourth-order valence-electron chi connectivity index (χ4n) is 2.26. The van der Waals surface area contributed by atoms with E-state index in [1.165, 1.54) is 19.2 Å². The van der Waals surface area contributed by atoms with Crippen LogP contribution in [0.25, 0.3) is 0 Å². The van der Waals surface area contributed by atoms with Gasteiger partial charge in [-0.25, -0.2) is 4.79 Å². The molecule has 3 N–H and O–H groups in total. The molecule has 0 aliphatic heterocycles. The summed E-state index contributed by atoms with van der Waals surface area (Å²) in [5.74, 6) is -0.176. The molecule has 26 heavy (non-hydrogen) atoms. The van der Waals surface area contributed by atoms with E-state index in [1.807, 2.05) is 30.3 Å². The molecule has 1 amide bonds. The van der Waals surface area contributed by atoms with Crippen molar-refractivity contribution in [1.29, 1.82) is 0 Å². The molecule has 7 nitrogen and oxygen atoms in total. The van der Waals surface area contributed by atoms with E-state index >= 15 is 0 Å². The highest BCUT2D eigenvalue weighted by atomic mass is 16.5. The number of hydrogen-bond acceptors (Lipinski definition) is 6. The number of alkyl carbamates (subject to hydrolysis) is 1. The van der Waals surface area contributed by atoms with Crippen molar-refractivity contribution in [3.05, 3.63) is 65.5 Å². The van der Waals surface area contributed by atoms with E-state index in [0.29, 0.717) is 11.3 Å². The summed E-state index contributed by atoms with van der Waals surface area (Å²) in [6, 6.07) is 12.3. The molecule has 7 heteroatoms. The van der Waals surface area contributed by atoms with E-state index in [9.17, 15) is 19.8 Å². The van der Waals surface area contributed by atoms with Crippen molar-refractivity contribution < 1.29 is 24.5 Å². The van der Waals surface area contributed by atoms with Crippen LogP contribution in [0, 0.1) is 0 Å². The predicted molar refractivity (Wildman–Crippen MR) is 94.5 cm³/mol. The molecule has 0 aliphatic carbocycles. The number of aliphatic hydroxyl groups is 2. The number of aromatic nitrogens is 1. The number of nitrogens with zero attached hydrogens (tertiary/aromatic N) is 1. The van der Waals surface area contributed by atoms with Gasteiger partial charge < -0.3 is 20.3 Å². The Bertz CT molecular complexity index is 718. The van der Waals surface area contributed by atoms with E-state index in [2.05, 4.69) is 10.3 Å². The number of ketones is 1. The Morgan fingerprint density at radius 2 is 1.88 bits per heavy atom. The number of benzene rings is 1. The van der Waals surface area contributed by atoms with Gasteiger partial charge >= 0.3 is 6.09 Å². The molecular weight excluding hydrogens is 336 g/mol. The van der Waals surface area contributed by atoms with Crippen molar-refractivity contribution in [3.8, 4) is 0 Å². The summed E-state index contributed by atoms with van der Waals surface area (Å²) < 4.78 is 5.05. The lowest BCUT2D eigenvalue weighted by atomic mass is 10.0. The van der Waals surface area contributed by atoms with Gasteiger partial charge in [-0.2, -0.15) is 0 Å². The van der Waals surface area contributed by atoms with Gasteiger partial charge in [0.25, 0.3) is 0 Å². The van der Waals surface area contributed by atoms with E-state index < -0.39 is 18.3 Å². The Hall–Kier alpha value is -2.77. The molecule has 2 atom stereocenters. The standard InChI is InChI=1S/C19H22N2O5/c1-13(22)16-8-7-15(11-21-16)18(24)17(23)9-10-20-19(25)26-12-14-5-3-2-4-6-14/h2-8,11,17-18,23-24H,9-10,12H2,1H3,(H,20,25). The minimum Gasteiger partial charge on any atom is -0.445 e. The molecule has 0 spiro atoms. The number of rotatable bonds is 8. The van der Waals surface area contributed by atoms with Gasteiger partial charge in [0.15, 0.2) is 5.78 Å². The zero-order valence-electron chi connectivity index (χ0n) is 14.5. The Morgan fingerprint density at radius 1 is 1.15 bits per heavy atom. The maximum Gasteiger partial charge on any atom is 0.407 e. The summed E-state index contributed by atoms with van der Waals surface area (Å²) >= 11 is 0. The molecule has 0 saturated carbocycles. The average molecular weight is 358 g/mol. The monoisotopic (exact) mass is 358 g/mol. The second-order valence-corrected chi connectivity index (χ2v) is 5.82. The van der Waals surface area contributed by atoms with Gasteiger partial charge in [0.2, 0.25) is 0 Å². The largest absolute Gasteiger partial charge is 0.445 e. The van der Waals surface area contributed by atoms with Crippen LogP contribution < -0.4 is 5.32 Å². The fraction of sp³-hybridized carbons (Fsp3) is 0.316. The molecule has 1 aromatic carbocycles. The van der Waals surface area contributed by atoms with Gasteiger partial charge in [-0.1, -0.05) is 36.4 Å². The van der Waals surface area contributed by atoms with Crippen LogP contribution in [0.15, 0.2) is 48.7 Å². The summed E-state index contributed by atoms with van der Waals surface area (Å²) in [4.78, 5) is 26.7. The molecule has 138 valence electrons. The van der Waals surface area contributed by atoms with Crippen LogP contribution in [0.3, 0.4) is 0 Å². The van der Waals surface area contributed by atoms with Gasteiger partial charge in [-0.15, -0.1) is 0 Å². The maximum absolute atomic E-state index is 11.6. The number of carbonyl (C=O) groups is 2. The number of ether oxygens (including phenoxy) is 1.